The number of anilines is 5. The fourth-order valence-corrected chi connectivity index (χ4v) is 4.91. The molecule has 178 valence electrons. The maximum Gasteiger partial charge on any atom is 0.0540 e. The van der Waals surface area contributed by atoms with Crippen molar-refractivity contribution < 1.29 is 0 Å². The minimum atomic E-state index is 1.12. The molecule has 0 fully saturated rings. The number of hydrogen-bond acceptors (Lipinski definition) is 2. The van der Waals surface area contributed by atoms with Crippen LogP contribution in [0.1, 0.15) is 0 Å². The van der Waals surface area contributed by atoms with E-state index in [1.165, 1.54) is 21.9 Å². The largest absolute Gasteiger partial charge is 0.345 e. The van der Waals surface area contributed by atoms with Crippen LogP contribution in [0.25, 0.3) is 21.9 Å². The van der Waals surface area contributed by atoms with Crippen molar-refractivity contribution in [2.75, 3.05) is 16.8 Å². The maximum absolute atomic E-state index is 2.36. The lowest BCUT2D eigenvalue weighted by Gasteiger charge is -2.28. The van der Waals surface area contributed by atoms with Gasteiger partial charge < -0.3 is 9.80 Å². The average molecular weight is 477 g/mol. The summed E-state index contributed by atoms with van der Waals surface area (Å²) in [6, 6.07) is 53.8. The van der Waals surface area contributed by atoms with Crippen LogP contribution in [0.4, 0.5) is 28.4 Å². The first-order valence-corrected chi connectivity index (χ1v) is 12.6. The third-order valence-corrected chi connectivity index (χ3v) is 6.86. The summed E-state index contributed by atoms with van der Waals surface area (Å²) in [5, 5.41) is 2.45. The maximum atomic E-state index is 2.36. The Morgan fingerprint density at radius 3 is 1.73 bits per heavy atom. The van der Waals surface area contributed by atoms with E-state index in [0.717, 1.165) is 28.4 Å². The Kier molecular flexibility index (Phi) is 6.14. The number of nitrogens with zero attached hydrogens (tertiary/aromatic N) is 2. The molecule has 6 aromatic rings. The second-order valence-corrected chi connectivity index (χ2v) is 9.16. The predicted octanol–water partition coefficient (Wildman–Crippen LogP) is 9.74. The van der Waals surface area contributed by atoms with Gasteiger partial charge in [-0.25, -0.2) is 0 Å². The quantitative estimate of drug-likeness (QED) is 0.236. The zero-order valence-corrected chi connectivity index (χ0v) is 20.8. The molecule has 2 nitrogen and oxygen atoms in total. The average Bonchev–Trinajstić information content (AvgIpc) is 2.98. The molecule has 0 aliphatic heterocycles. The summed E-state index contributed by atoms with van der Waals surface area (Å²) in [7, 11) is 2.11. The minimum Gasteiger partial charge on any atom is -0.345 e. The molecule has 0 spiro atoms. The van der Waals surface area contributed by atoms with Crippen molar-refractivity contribution in [1.29, 1.82) is 0 Å². The lowest BCUT2D eigenvalue weighted by atomic mass is 10.0. The van der Waals surface area contributed by atoms with E-state index < -0.39 is 0 Å². The van der Waals surface area contributed by atoms with E-state index in [9.17, 15) is 0 Å². The Morgan fingerprint density at radius 1 is 0.405 bits per heavy atom. The van der Waals surface area contributed by atoms with Crippen LogP contribution < -0.4 is 9.80 Å². The summed E-state index contributed by atoms with van der Waals surface area (Å²) in [5.74, 6) is 0. The highest BCUT2D eigenvalue weighted by atomic mass is 15.1. The van der Waals surface area contributed by atoms with E-state index in [1.807, 2.05) is 6.07 Å². The Balaban J connectivity index is 1.47. The van der Waals surface area contributed by atoms with Crippen molar-refractivity contribution in [3.63, 3.8) is 0 Å². The van der Waals surface area contributed by atoms with E-state index >= 15 is 0 Å². The van der Waals surface area contributed by atoms with Crippen molar-refractivity contribution in [1.82, 2.24) is 0 Å². The highest BCUT2D eigenvalue weighted by Crippen LogP contribution is 2.40. The van der Waals surface area contributed by atoms with Gasteiger partial charge in [0.05, 0.1) is 5.69 Å². The molecule has 0 aliphatic carbocycles. The van der Waals surface area contributed by atoms with Crippen LogP contribution in [0.2, 0.25) is 0 Å². The van der Waals surface area contributed by atoms with E-state index in [2.05, 4.69) is 162 Å². The molecule has 0 saturated carbocycles. The van der Waals surface area contributed by atoms with Crippen molar-refractivity contribution in [3.8, 4) is 11.1 Å². The summed E-state index contributed by atoms with van der Waals surface area (Å²) in [6.07, 6.45) is 0. The van der Waals surface area contributed by atoms with Crippen LogP contribution in [0.5, 0.6) is 0 Å². The molecule has 0 aliphatic rings. The molecular formula is C35H28N2. The van der Waals surface area contributed by atoms with E-state index in [4.69, 9.17) is 0 Å². The van der Waals surface area contributed by atoms with Gasteiger partial charge in [0.2, 0.25) is 0 Å². The number of fused-ring (bicyclic) bond motifs is 1. The first-order chi connectivity index (χ1) is 18.3. The molecule has 6 aromatic carbocycles. The number of hydrogen-bond donors (Lipinski definition) is 0. The molecule has 0 bridgehead atoms. The van der Waals surface area contributed by atoms with Gasteiger partial charge in [-0.05, 0) is 71.1 Å². The topological polar surface area (TPSA) is 6.48 Å². The predicted molar refractivity (Wildman–Crippen MR) is 159 cm³/mol. The van der Waals surface area contributed by atoms with Crippen molar-refractivity contribution in [2.24, 2.45) is 0 Å². The third kappa shape index (κ3) is 4.57. The smallest absolute Gasteiger partial charge is 0.0540 e. The highest BCUT2D eigenvalue weighted by Gasteiger charge is 2.16. The molecule has 6 rings (SSSR count). The summed E-state index contributed by atoms with van der Waals surface area (Å²) in [5.41, 5.74) is 8.12. The summed E-state index contributed by atoms with van der Waals surface area (Å²) < 4.78 is 0. The fraction of sp³-hybridized carbons (Fsp3) is 0.0286. The summed E-state index contributed by atoms with van der Waals surface area (Å²) in [6.45, 7) is 0. The zero-order valence-electron chi connectivity index (χ0n) is 20.8. The third-order valence-electron chi connectivity index (χ3n) is 6.86. The Bertz CT molecular complexity index is 1620. The van der Waals surface area contributed by atoms with Gasteiger partial charge in [0.15, 0.2) is 0 Å². The second kappa shape index (κ2) is 10.0. The second-order valence-electron chi connectivity index (χ2n) is 9.16. The monoisotopic (exact) mass is 476 g/mol. The van der Waals surface area contributed by atoms with Gasteiger partial charge in [-0.3, -0.25) is 0 Å². The molecule has 0 aromatic heterocycles. The number of rotatable bonds is 6. The zero-order chi connectivity index (χ0) is 25.0. The first-order valence-electron chi connectivity index (χ1n) is 12.6. The van der Waals surface area contributed by atoms with Crippen LogP contribution in [0.3, 0.4) is 0 Å². The highest BCUT2D eigenvalue weighted by molar-refractivity contribution is 5.99. The van der Waals surface area contributed by atoms with E-state index in [-0.39, 0.29) is 0 Å². The van der Waals surface area contributed by atoms with Gasteiger partial charge >= 0.3 is 0 Å². The molecule has 2 heteroatoms. The Labute approximate surface area is 218 Å². The molecule has 0 saturated heterocycles. The SMILES string of the molecule is CN(c1ccccc1)c1ccc(N(c2cccc(-c3ccccc3)c2)c2cccc3ccccc23)cc1. The van der Waals surface area contributed by atoms with Crippen LogP contribution in [-0.2, 0) is 0 Å². The number of para-hydroxylation sites is 1. The fourth-order valence-electron chi connectivity index (χ4n) is 4.91. The van der Waals surface area contributed by atoms with Crippen LogP contribution >= 0.6 is 0 Å². The van der Waals surface area contributed by atoms with Crippen molar-refractivity contribution >= 4 is 39.2 Å². The Hall–Kier alpha value is -4.82. The van der Waals surface area contributed by atoms with Gasteiger partial charge in [-0.15, -0.1) is 0 Å². The van der Waals surface area contributed by atoms with Crippen LogP contribution in [0.15, 0.2) is 152 Å². The van der Waals surface area contributed by atoms with Crippen molar-refractivity contribution in [3.05, 3.63) is 152 Å². The first kappa shape index (κ1) is 22.6. The van der Waals surface area contributed by atoms with Crippen LogP contribution in [-0.4, -0.2) is 7.05 Å². The van der Waals surface area contributed by atoms with Gasteiger partial charge in [-0.1, -0.05) is 97.1 Å². The van der Waals surface area contributed by atoms with Gasteiger partial charge in [0.1, 0.15) is 0 Å². The standard InChI is InChI=1S/C35H28N2/c1-36(30-17-6-3-7-18-30)31-22-24-32(25-23-31)37(35-21-11-15-28-14-8-9-20-34(28)35)33-19-10-16-29(26-33)27-12-4-2-5-13-27/h2-26H,1H3. The van der Waals surface area contributed by atoms with Gasteiger partial charge in [-0.2, -0.15) is 0 Å². The molecule has 0 atom stereocenters. The normalized spacial score (nSPS) is 10.8. The molecule has 0 heterocycles. The van der Waals surface area contributed by atoms with E-state index in [1.54, 1.807) is 0 Å². The van der Waals surface area contributed by atoms with Gasteiger partial charge in [0, 0.05) is 35.2 Å². The molecule has 0 unspecified atom stereocenters. The van der Waals surface area contributed by atoms with Crippen molar-refractivity contribution in [2.45, 2.75) is 0 Å². The lowest BCUT2D eigenvalue weighted by molar-refractivity contribution is 1.20. The molecule has 0 N–H and O–H groups in total. The molecule has 37 heavy (non-hydrogen) atoms. The summed E-state index contributed by atoms with van der Waals surface area (Å²) >= 11 is 0. The molecular weight excluding hydrogens is 448 g/mol. The van der Waals surface area contributed by atoms with Gasteiger partial charge in [0.25, 0.3) is 0 Å². The lowest BCUT2D eigenvalue weighted by Crippen LogP contribution is -2.12. The Morgan fingerprint density at radius 2 is 0.946 bits per heavy atom. The minimum absolute atomic E-state index is 1.12. The number of benzene rings is 6. The molecule has 0 radical (unpaired) electrons. The van der Waals surface area contributed by atoms with E-state index in [0.29, 0.717) is 0 Å². The molecule has 0 amide bonds. The van der Waals surface area contributed by atoms with Crippen LogP contribution in [0, 0.1) is 0 Å². The summed E-state index contributed by atoms with van der Waals surface area (Å²) in [4.78, 5) is 4.57.